The molecule has 1 heterocycles. The fraction of sp³-hybridized carbons (Fsp3) is 0.0870. The second kappa shape index (κ2) is 10.1. The number of hydrogen-bond donors (Lipinski definition) is 0. The van der Waals surface area contributed by atoms with Crippen LogP contribution in [0.4, 0.5) is 11.4 Å². The van der Waals surface area contributed by atoms with Crippen molar-refractivity contribution in [2.45, 2.75) is 6.92 Å². The molecular formula is C23H19N3O6P. The molecule has 1 aromatic heterocycles. The van der Waals surface area contributed by atoms with Crippen LogP contribution >= 0.6 is 8.18 Å². The van der Waals surface area contributed by atoms with E-state index in [0.29, 0.717) is 22.3 Å². The molecule has 167 valence electrons. The van der Waals surface area contributed by atoms with Gasteiger partial charge in [0.1, 0.15) is 17.0 Å². The van der Waals surface area contributed by atoms with Crippen molar-refractivity contribution in [2.75, 3.05) is 11.6 Å². The first-order valence-electron chi connectivity index (χ1n) is 9.86. The lowest BCUT2D eigenvalue weighted by molar-refractivity contribution is -0.383. The summed E-state index contributed by atoms with van der Waals surface area (Å²) in [5, 5.41) is 11.6. The van der Waals surface area contributed by atoms with Crippen LogP contribution in [0, 0.1) is 23.1 Å². The average molecular weight is 464 g/mol. The zero-order chi connectivity index (χ0) is 23.2. The number of benzene rings is 3. The summed E-state index contributed by atoms with van der Waals surface area (Å²) in [5.74, 6) is 0.710. The molecule has 1 unspecified atom stereocenters. The highest BCUT2D eigenvalue weighted by atomic mass is 31.1. The van der Waals surface area contributed by atoms with Crippen LogP contribution in [0.1, 0.15) is 5.56 Å². The molecule has 0 fully saturated rings. The molecule has 1 radical (unpaired) electrons. The van der Waals surface area contributed by atoms with Gasteiger partial charge in [-0.25, -0.2) is 4.84 Å². The molecule has 0 N–H and O–H groups in total. The van der Waals surface area contributed by atoms with Gasteiger partial charge < -0.3 is 9.26 Å². The molecule has 0 spiro atoms. The van der Waals surface area contributed by atoms with E-state index in [0.717, 1.165) is 10.4 Å². The standard InChI is InChI=1S/C23H19N3O6P/c1-17-7-5-8-18(15-17)26(33(29)32-19-9-3-2-4-10-19)31-16-30-22-13-12-21(25(27)28)20-11-6-14-24-23(20)22/h2-14,33H,16H2,1H3. The predicted octanol–water partition coefficient (Wildman–Crippen LogP) is 5.49. The molecule has 0 aliphatic rings. The number of anilines is 1. The van der Waals surface area contributed by atoms with Crippen LogP contribution < -0.4 is 14.1 Å². The molecule has 3 aromatic carbocycles. The smallest absolute Gasteiger partial charge is 0.355 e. The van der Waals surface area contributed by atoms with Gasteiger partial charge in [0, 0.05) is 18.3 Å². The van der Waals surface area contributed by atoms with Crippen LogP contribution in [0.3, 0.4) is 0 Å². The van der Waals surface area contributed by atoms with Crippen molar-refractivity contribution in [2.24, 2.45) is 0 Å². The van der Waals surface area contributed by atoms with Crippen LogP contribution in [0.15, 0.2) is 79.0 Å². The Kier molecular flexibility index (Phi) is 6.83. The van der Waals surface area contributed by atoms with Crippen molar-refractivity contribution in [3.8, 4) is 11.5 Å². The number of nitro groups is 1. The summed E-state index contributed by atoms with van der Waals surface area (Å²) in [6, 6.07) is 23.1. The number of ether oxygens (including phenoxy) is 1. The topological polar surface area (TPSA) is 104 Å². The van der Waals surface area contributed by atoms with Crippen LogP contribution in [0.2, 0.25) is 0 Å². The predicted molar refractivity (Wildman–Crippen MR) is 124 cm³/mol. The van der Waals surface area contributed by atoms with E-state index in [1.54, 1.807) is 48.5 Å². The lowest BCUT2D eigenvalue weighted by Crippen LogP contribution is -2.20. The number of aryl methyl sites for hydroxylation is 1. The largest absolute Gasteiger partial charge is 0.463 e. The Morgan fingerprint density at radius 3 is 2.64 bits per heavy atom. The molecule has 9 nitrogen and oxygen atoms in total. The van der Waals surface area contributed by atoms with Crippen molar-refractivity contribution >= 4 is 30.5 Å². The fourth-order valence-electron chi connectivity index (χ4n) is 3.09. The van der Waals surface area contributed by atoms with Gasteiger partial charge in [-0.1, -0.05) is 30.3 Å². The lowest BCUT2D eigenvalue weighted by atomic mass is 10.1. The van der Waals surface area contributed by atoms with Crippen molar-refractivity contribution in [3.05, 3.63) is 101 Å². The quantitative estimate of drug-likeness (QED) is 0.139. The molecule has 33 heavy (non-hydrogen) atoms. The number of nitrogens with zero attached hydrogens (tertiary/aromatic N) is 3. The monoisotopic (exact) mass is 464 g/mol. The van der Waals surface area contributed by atoms with E-state index in [1.807, 2.05) is 19.1 Å². The Hall–Kier alpha value is -3.94. The van der Waals surface area contributed by atoms with E-state index in [9.17, 15) is 14.7 Å². The molecule has 4 rings (SSSR count). The third-order valence-corrected chi connectivity index (χ3v) is 5.67. The lowest BCUT2D eigenvalue weighted by Gasteiger charge is -2.23. The van der Waals surface area contributed by atoms with Gasteiger partial charge in [-0.05, 0) is 48.9 Å². The van der Waals surface area contributed by atoms with Gasteiger partial charge >= 0.3 is 8.18 Å². The Labute approximate surface area is 190 Å². The first-order chi connectivity index (χ1) is 16.0. The number of para-hydroxylation sites is 1. The molecule has 4 aromatic rings. The third kappa shape index (κ3) is 5.28. The van der Waals surface area contributed by atoms with Gasteiger partial charge in [0.15, 0.2) is 0 Å². The molecular weight excluding hydrogens is 445 g/mol. The normalized spacial score (nSPS) is 11.7. The van der Waals surface area contributed by atoms with Gasteiger partial charge in [-0.15, -0.1) is 0 Å². The summed E-state index contributed by atoms with van der Waals surface area (Å²) in [4.78, 5) is 21.8. The van der Waals surface area contributed by atoms with Gasteiger partial charge in [0.05, 0.1) is 16.0 Å². The van der Waals surface area contributed by atoms with E-state index >= 15 is 0 Å². The summed E-state index contributed by atoms with van der Waals surface area (Å²) >= 11 is 0. The second-order valence-corrected chi connectivity index (χ2v) is 7.97. The van der Waals surface area contributed by atoms with Crippen LogP contribution in [0.5, 0.6) is 11.5 Å². The highest BCUT2D eigenvalue weighted by Crippen LogP contribution is 2.37. The first kappa shape index (κ1) is 22.3. The zero-order valence-electron chi connectivity index (χ0n) is 17.5. The third-order valence-electron chi connectivity index (χ3n) is 4.56. The minimum atomic E-state index is -2.92. The Morgan fingerprint density at radius 2 is 1.88 bits per heavy atom. The highest BCUT2D eigenvalue weighted by molar-refractivity contribution is 7.41. The van der Waals surface area contributed by atoms with E-state index < -0.39 is 13.1 Å². The number of rotatable bonds is 9. The molecule has 0 bridgehead atoms. The number of hydrogen-bond acceptors (Lipinski definition) is 7. The minimum Gasteiger partial charge on any atom is -0.463 e. The number of nitro benzene ring substituents is 1. The molecule has 10 heteroatoms. The van der Waals surface area contributed by atoms with E-state index in [-0.39, 0.29) is 18.2 Å². The first-order valence-corrected chi connectivity index (χ1v) is 11.1. The van der Waals surface area contributed by atoms with Gasteiger partial charge in [0.25, 0.3) is 5.69 Å². The molecule has 0 amide bonds. The molecule has 0 aliphatic heterocycles. The molecule has 0 aliphatic carbocycles. The Balaban J connectivity index is 1.55. The van der Waals surface area contributed by atoms with Crippen molar-refractivity contribution in [1.82, 2.24) is 4.98 Å². The molecule has 0 saturated carbocycles. The summed E-state index contributed by atoms with van der Waals surface area (Å²) in [5.41, 5.74) is 1.47. The Bertz CT molecular complexity index is 1300. The average Bonchev–Trinajstić information content (AvgIpc) is 2.82. The summed E-state index contributed by atoms with van der Waals surface area (Å²) in [6.07, 6.45) is 1.51. The van der Waals surface area contributed by atoms with Crippen molar-refractivity contribution < 1.29 is 23.6 Å². The van der Waals surface area contributed by atoms with E-state index in [1.165, 1.54) is 18.3 Å². The number of fused-ring (bicyclic) bond motifs is 1. The van der Waals surface area contributed by atoms with Gasteiger partial charge in [0.2, 0.25) is 6.79 Å². The molecule has 0 saturated heterocycles. The highest BCUT2D eigenvalue weighted by Gasteiger charge is 2.19. The fourth-order valence-corrected chi connectivity index (χ4v) is 3.99. The van der Waals surface area contributed by atoms with E-state index in [2.05, 4.69) is 11.1 Å². The maximum absolute atomic E-state index is 13.0. The molecule has 1 atom stereocenters. The minimum absolute atomic E-state index is 0.0799. The van der Waals surface area contributed by atoms with Gasteiger partial charge in [-0.2, -0.15) is 4.83 Å². The van der Waals surface area contributed by atoms with Crippen LogP contribution in [-0.4, -0.2) is 16.7 Å². The van der Waals surface area contributed by atoms with Crippen LogP contribution in [0.25, 0.3) is 10.9 Å². The summed E-state index contributed by atoms with van der Waals surface area (Å²) in [7, 11) is -2.92. The number of non-ortho nitro benzene ring substituents is 1. The SMILES string of the molecule is Cc1[c]c(N(OCOc2ccc([N+](=O)[O-])c3cccnc23)[PH](=O)Oc2ccccc2)ccc1. The van der Waals surface area contributed by atoms with Crippen molar-refractivity contribution in [1.29, 1.82) is 0 Å². The van der Waals surface area contributed by atoms with E-state index in [4.69, 9.17) is 14.1 Å². The Morgan fingerprint density at radius 1 is 1.06 bits per heavy atom. The summed E-state index contributed by atoms with van der Waals surface area (Å²) in [6.45, 7) is 1.50. The summed E-state index contributed by atoms with van der Waals surface area (Å²) < 4.78 is 24.3. The second-order valence-electron chi connectivity index (χ2n) is 6.83. The number of pyridine rings is 1. The zero-order valence-corrected chi connectivity index (χ0v) is 18.5. The van der Waals surface area contributed by atoms with Gasteiger partial charge in [-0.3, -0.25) is 19.7 Å². The maximum atomic E-state index is 13.0. The number of aromatic nitrogens is 1. The van der Waals surface area contributed by atoms with Crippen LogP contribution in [-0.2, 0) is 9.40 Å². The maximum Gasteiger partial charge on any atom is 0.355 e. The van der Waals surface area contributed by atoms with Crippen molar-refractivity contribution in [3.63, 3.8) is 0 Å².